The molecular formula is C19H20FN5O. The number of benzene rings is 1. The molecule has 1 atom stereocenters. The molecule has 4 rings (SSSR count). The van der Waals surface area contributed by atoms with Gasteiger partial charge in [0.25, 0.3) is 5.91 Å². The van der Waals surface area contributed by atoms with E-state index in [1.807, 2.05) is 10.8 Å². The van der Waals surface area contributed by atoms with Crippen molar-refractivity contribution < 1.29 is 9.18 Å². The average Bonchev–Trinajstić information content (AvgIpc) is 3.23. The molecule has 2 N–H and O–H groups in total. The Hall–Kier alpha value is -2.96. The van der Waals surface area contributed by atoms with Gasteiger partial charge >= 0.3 is 0 Å². The Kier molecular flexibility index (Phi) is 4.28. The van der Waals surface area contributed by atoms with Crippen LogP contribution >= 0.6 is 0 Å². The smallest absolute Gasteiger partial charge is 0.271 e. The zero-order valence-corrected chi connectivity index (χ0v) is 14.5. The Morgan fingerprint density at radius 2 is 2.12 bits per heavy atom. The fraction of sp³-hybridized carbons (Fsp3) is 0.316. The molecule has 0 fully saturated rings. The topological polar surface area (TPSA) is 75.6 Å². The molecule has 2 aromatic heterocycles. The van der Waals surface area contributed by atoms with E-state index >= 15 is 0 Å². The van der Waals surface area contributed by atoms with Crippen LogP contribution in [0.2, 0.25) is 0 Å². The lowest BCUT2D eigenvalue weighted by Gasteiger charge is -2.14. The number of aromatic nitrogens is 4. The minimum Gasteiger partial charge on any atom is -0.350 e. The Morgan fingerprint density at radius 3 is 2.88 bits per heavy atom. The molecule has 1 aromatic carbocycles. The van der Waals surface area contributed by atoms with Gasteiger partial charge in [-0.3, -0.25) is 4.79 Å². The predicted molar refractivity (Wildman–Crippen MR) is 95.3 cm³/mol. The molecule has 3 heterocycles. The Morgan fingerprint density at radius 1 is 1.31 bits per heavy atom. The molecule has 1 amide bonds. The van der Waals surface area contributed by atoms with Gasteiger partial charge in [0.2, 0.25) is 0 Å². The van der Waals surface area contributed by atoms with Crippen LogP contribution in [0.4, 0.5) is 4.39 Å². The zero-order chi connectivity index (χ0) is 18.1. The van der Waals surface area contributed by atoms with Crippen LogP contribution in [-0.4, -0.2) is 32.0 Å². The van der Waals surface area contributed by atoms with Gasteiger partial charge in [0.05, 0.1) is 0 Å². The molecule has 3 aromatic rings. The maximum atomic E-state index is 13.2. The summed E-state index contributed by atoms with van der Waals surface area (Å²) in [6.45, 7) is 3.43. The first-order valence-electron chi connectivity index (χ1n) is 8.79. The number of nitrogens with one attached hydrogen (secondary N) is 2. The summed E-state index contributed by atoms with van der Waals surface area (Å²) in [5, 5.41) is 2.92. The van der Waals surface area contributed by atoms with Gasteiger partial charge in [0.1, 0.15) is 11.5 Å². The number of nitrogens with zero attached hydrogens (tertiary/aromatic N) is 3. The number of H-pyrrole nitrogens is 1. The lowest BCUT2D eigenvalue weighted by atomic mass is 9.94. The summed E-state index contributed by atoms with van der Waals surface area (Å²) in [6, 6.07) is 6.43. The number of amides is 1. The first kappa shape index (κ1) is 16.5. The number of carbonyl (C=O) groups excluding carboxylic acids is 1. The van der Waals surface area contributed by atoms with Crippen LogP contribution < -0.4 is 5.32 Å². The molecule has 134 valence electrons. The van der Waals surface area contributed by atoms with E-state index in [-0.39, 0.29) is 17.6 Å². The number of hydrogen-bond donors (Lipinski definition) is 2. The average molecular weight is 353 g/mol. The van der Waals surface area contributed by atoms with Crippen LogP contribution in [0.15, 0.2) is 36.7 Å². The largest absolute Gasteiger partial charge is 0.350 e. The highest BCUT2D eigenvalue weighted by Crippen LogP contribution is 2.26. The van der Waals surface area contributed by atoms with Crippen molar-refractivity contribution >= 4 is 5.91 Å². The summed E-state index contributed by atoms with van der Waals surface area (Å²) in [5.74, 6) is 0.929. The number of aryl methyl sites for hydroxylation is 1. The van der Waals surface area contributed by atoms with Crippen molar-refractivity contribution in [1.29, 1.82) is 0 Å². The van der Waals surface area contributed by atoms with Gasteiger partial charge in [-0.15, -0.1) is 0 Å². The second-order valence-corrected chi connectivity index (χ2v) is 6.52. The minimum atomic E-state index is -0.265. The Labute approximate surface area is 150 Å². The summed E-state index contributed by atoms with van der Waals surface area (Å²) in [6.07, 6.45) is 5.26. The zero-order valence-electron chi connectivity index (χ0n) is 14.5. The molecule has 1 unspecified atom stereocenters. The number of carbonyl (C=O) groups is 1. The van der Waals surface area contributed by atoms with E-state index in [1.165, 1.54) is 12.1 Å². The summed E-state index contributed by atoms with van der Waals surface area (Å²) >= 11 is 0. The van der Waals surface area contributed by atoms with E-state index in [1.54, 1.807) is 18.3 Å². The third-order valence-electron chi connectivity index (χ3n) is 4.69. The molecule has 1 aliphatic heterocycles. The quantitative estimate of drug-likeness (QED) is 0.757. The van der Waals surface area contributed by atoms with Gasteiger partial charge in [0.15, 0.2) is 11.6 Å². The van der Waals surface area contributed by atoms with Crippen molar-refractivity contribution in [3.8, 4) is 11.6 Å². The second-order valence-electron chi connectivity index (χ2n) is 6.52. The van der Waals surface area contributed by atoms with Crippen molar-refractivity contribution in [2.75, 3.05) is 6.54 Å². The predicted octanol–water partition coefficient (Wildman–Crippen LogP) is 2.89. The number of fused-ring (bicyclic) bond motifs is 1. The Bertz CT molecular complexity index is 928. The molecule has 0 bridgehead atoms. The number of rotatable bonds is 4. The number of aromatic amines is 1. The van der Waals surface area contributed by atoms with Gasteiger partial charge < -0.3 is 14.9 Å². The van der Waals surface area contributed by atoms with Gasteiger partial charge in [0, 0.05) is 37.1 Å². The standard InChI is InChI=1S/C19H20FN5O/c1-2-8-25-9-7-21-18(25)17-23-15-10-13(11-22-19(26)16(15)24-17)12-3-5-14(20)6-4-12/h3-7,9,13H,2,8,10-11H2,1H3,(H,22,26)(H,23,24). The van der Waals surface area contributed by atoms with E-state index in [0.29, 0.717) is 24.5 Å². The van der Waals surface area contributed by atoms with Gasteiger partial charge in [-0.25, -0.2) is 14.4 Å². The highest BCUT2D eigenvalue weighted by Gasteiger charge is 2.27. The maximum absolute atomic E-state index is 13.2. The van der Waals surface area contributed by atoms with Crippen LogP contribution in [0.3, 0.4) is 0 Å². The molecule has 0 radical (unpaired) electrons. The van der Waals surface area contributed by atoms with Crippen LogP contribution in [0, 0.1) is 5.82 Å². The maximum Gasteiger partial charge on any atom is 0.271 e. The molecule has 26 heavy (non-hydrogen) atoms. The molecule has 0 saturated heterocycles. The molecule has 7 heteroatoms. The summed E-state index contributed by atoms with van der Waals surface area (Å²) in [5.41, 5.74) is 2.19. The Balaban J connectivity index is 1.68. The van der Waals surface area contributed by atoms with Crippen molar-refractivity contribution in [2.45, 2.75) is 32.2 Å². The first-order chi connectivity index (χ1) is 12.7. The van der Waals surface area contributed by atoms with Crippen molar-refractivity contribution in [3.63, 3.8) is 0 Å². The van der Waals surface area contributed by atoms with Crippen molar-refractivity contribution in [3.05, 3.63) is 59.4 Å². The first-order valence-corrected chi connectivity index (χ1v) is 8.79. The normalized spacial score (nSPS) is 16.8. The van der Waals surface area contributed by atoms with E-state index < -0.39 is 0 Å². The van der Waals surface area contributed by atoms with Crippen LogP contribution in [0.5, 0.6) is 0 Å². The highest BCUT2D eigenvalue weighted by atomic mass is 19.1. The lowest BCUT2D eigenvalue weighted by Crippen LogP contribution is -2.26. The summed E-state index contributed by atoms with van der Waals surface area (Å²) in [4.78, 5) is 24.6. The second kappa shape index (κ2) is 6.74. The molecular weight excluding hydrogens is 333 g/mol. The SMILES string of the molecule is CCCn1ccnc1-c1nc2c([nH]1)CC(c1ccc(F)cc1)CNC2=O. The van der Waals surface area contributed by atoms with Crippen LogP contribution in [-0.2, 0) is 13.0 Å². The fourth-order valence-electron chi connectivity index (χ4n) is 3.39. The molecule has 0 spiro atoms. The lowest BCUT2D eigenvalue weighted by molar-refractivity contribution is 0.0950. The van der Waals surface area contributed by atoms with E-state index in [4.69, 9.17) is 0 Å². The monoisotopic (exact) mass is 353 g/mol. The van der Waals surface area contributed by atoms with Crippen molar-refractivity contribution in [2.24, 2.45) is 0 Å². The van der Waals surface area contributed by atoms with E-state index in [0.717, 1.165) is 30.0 Å². The van der Waals surface area contributed by atoms with Gasteiger partial charge in [-0.2, -0.15) is 0 Å². The van der Waals surface area contributed by atoms with E-state index in [9.17, 15) is 9.18 Å². The van der Waals surface area contributed by atoms with Crippen molar-refractivity contribution in [1.82, 2.24) is 24.8 Å². The third kappa shape index (κ3) is 3.00. The highest BCUT2D eigenvalue weighted by molar-refractivity contribution is 5.94. The van der Waals surface area contributed by atoms with Gasteiger partial charge in [-0.1, -0.05) is 19.1 Å². The summed E-state index contributed by atoms with van der Waals surface area (Å²) in [7, 11) is 0. The van der Waals surface area contributed by atoms with Crippen LogP contribution in [0.1, 0.15) is 41.0 Å². The third-order valence-corrected chi connectivity index (χ3v) is 4.69. The number of imidazole rings is 2. The van der Waals surface area contributed by atoms with Gasteiger partial charge in [-0.05, 0) is 30.5 Å². The minimum absolute atomic E-state index is 0.0597. The number of halogens is 1. The molecule has 6 nitrogen and oxygen atoms in total. The fourth-order valence-corrected chi connectivity index (χ4v) is 3.39. The van der Waals surface area contributed by atoms with Crippen LogP contribution in [0.25, 0.3) is 11.6 Å². The van der Waals surface area contributed by atoms with E-state index in [2.05, 4.69) is 27.2 Å². The molecule has 0 aliphatic carbocycles. The number of hydrogen-bond acceptors (Lipinski definition) is 3. The summed E-state index contributed by atoms with van der Waals surface area (Å²) < 4.78 is 15.2. The molecule has 0 saturated carbocycles. The molecule has 1 aliphatic rings.